The molecule has 0 bridgehead atoms. The number of nitrogens with two attached hydrogens (primary N) is 2. The van der Waals surface area contributed by atoms with E-state index in [-0.39, 0.29) is 20.4 Å². The van der Waals surface area contributed by atoms with E-state index in [1.807, 2.05) is 0 Å². The van der Waals surface area contributed by atoms with Gasteiger partial charge in [-0.2, -0.15) is 0 Å². The first-order chi connectivity index (χ1) is 1.73. The molecular weight excluding hydrogens is 242 g/mol. The van der Waals surface area contributed by atoms with Crippen molar-refractivity contribution in [2.24, 2.45) is 11.5 Å². The minimum absolute atomic E-state index is 0. The Morgan fingerprint density at radius 2 is 1.40 bits per heavy atom. The largest absolute Gasteiger partial charge is 0.352 e. The third-order valence-electron chi connectivity index (χ3n) is 0. The molecular formula is CH4N2ORe. The average molecular weight is 246 g/mol. The normalized spacial score (nSPS) is 4.80. The molecule has 2 amide bonds. The molecule has 0 saturated carbocycles. The van der Waals surface area contributed by atoms with Crippen LogP contribution in [-0.4, -0.2) is 6.03 Å². The molecule has 0 unspecified atom stereocenters. The van der Waals surface area contributed by atoms with Crippen molar-refractivity contribution >= 4 is 6.03 Å². The summed E-state index contributed by atoms with van der Waals surface area (Å²) in [6.07, 6.45) is 0. The Bertz CT molecular complexity index is 32.6. The van der Waals surface area contributed by atoms with Gasteiger partial charge in [-0.25, -0.2) is 4.79 Å². The second-order valence-corrected chi connectivity index (χ2v) is 0.402. The van der Waals surface area contributed by atoms with Crippen LogP contribution in [0.1, 0.15) is 0 Å². The summed E-state index contributed by atoms with van der Waals surface area (Å²) in [5, 5.41) is 0. The third-order valence-corrected chi connectivity index (χ3v) is 0. The molecule has 0 aliphatic carbocycles. The number of primary amides is 2. The predicted octanol–water partition coefficient (Wildman–Crippen LogP) is -0.979. The topological polar surface area (TPSA) is 69.1 Å². The van der Waals surface area contributed by atoms with E-state index in [0.717, 1.165) is 0 Å². The molecule has 0 saturated heterocycles. The van der Waals surface area contributed by atoms with Crippen LogP contribution >= 0.6 is 0 Å². The second-order valence-electron chi connectivity index (χ2n) is 0.402. The predicted molar refractivity (Wildman–Crippen MR) is 13.8 cm³/mol. The summed E-state index contributed by atoms with van der Waals surface area (Å²) < 4.78 is 0. The van der Waals surface area contributed by atoms with E-state index in [1.165, 1.54) is 0 Å². The Kier molecular flexibility index (Phi) is 6.98. The van der Waals surface area contributed by atoms with Gasteiger partial charge in [-0.3, -0.25) is 0 Å². The summed E-state index contributed by atoms with van der Waals surface area (Å²) in [6, 6.07) is -0.833. The quantitative estimate of drug-likeness (QED) is 0.567. The van der Waals surface area contributed by atoms with Crippen molar-refractivity contribution in [3.8, 4) is 0 Å². The van der Waals surface area contributed by atoms with Crippen LogP contribution in [0.3, 0.4) is 0 Å². The fourth-order valence-electron chi connectivity index (χ4n) is 0. The van der Waals surface area contributed by atoms with Gasteiger partial charge in [0, 0.05) is 20.4 Å². The second kappa shape index (κ2) is 3.93. The van der Waals surface area contributed by atoms with Crippen LogP contribution in [0.2, 0.25) is 0 Å². The maximum atomic E-state index is 9.00. The van der Waals surface area contributed by atoms with Crippen molar-refractivity contribution in [1.29, 1.82) is 0 Å². The van der Waals surface area contributed by atoms with Crippen LogP contribution in [0.4, 0.5) is 4.79 Å². The molecule has 0 aliphatic heterocycles. The van der Waals surface area contributed by atoms with Crippen LogP contribution < -0.4 is 11.5 Å². The Labute approximate surface area is 43.4 Å². The molecule has 5 heavy (non-hydrogen) atoms. The first-order valence-corrected chi connectivity index (χ1v) is 0.781. The standard InChI is InChI=1S/CH4N2O.Re/c2-1(3)4;/h(H4,2,3,4);. The van der Waals surface area contributed by atoms with Gasteiger partial charge in [0.2, 0.25) is 0 Å². The van der Waals surface area contributed by atoms with E-state index in [4.69, 9.17) is 4.79 Å². The Morgan fingerprint density at radius 1 is 1.40 bits per heavy atom. The zero-order chi connectivity index (χ0) is 3.58. The number of rotatable bonds is 0. The van der Waals surface area contributed by atoms with Gasteiger partial charge in [-0.1, -0.05) is 0 Å². The van der Waals surface area contributed by atoms with Crippen LogP contribution in [0.25, 0.3) is 0 Å². The van der Waals surface area contributed by atoms with Gasteiger partial charge >= 0.3 is 6.03 Å². The average Bonchev–Trinajstić information content (AvgIpc) is 0.811. The summed E-state index contributed by atoms with van der Waals surface area (Å²) in [5.41, 5.74) is 8.50. The van der Waals surface area contributed by atoms with Gasteiger partial charge in [0.05, 0.1) is 0 Å². The number of hydrogen-bond donors (Lipinski definition) is 2. The van der Waals surface area contributed by atoms with Gasteiger partial charge in [-0.05, 0) is 0 Å². The van der Waals surface area contributed by atoms with E-state index in [9.17, 15) is 0 Å². The molecule has 0 heterocycles. The van der Waals surface area contributed by atoms with Crippen molar-refractivity contribution < 1.29 is 25.2 Å². The van der Waals surface area contributed by atoms with Crippen LogP contribution in [0.15, 0.2) is 0 Å². The van der Waals surface area contributed by atoms with Gasteiger partial charge in [0.25, 0.3) is 0 Å². The first kappa shape index (κ1) is 8.87. The smallest absolute Gasteiger partial charge is 0.309 e. The van der Waals surface area contributed by atoms with E-state index < -0.39 is 6.03 Å². The Balaban J connectivity index is 0. The molecule has 3 nitrogen and oxygen atoms in total. The minimum atomic E-state index is -0.833. The van der Waals surface area contributed by atoms with Crippen molar-refractivity contribution in [2.75, 3.05) is 0 Å². The fraction of sp³-hybridized carbons (Fsp3) is 0. The zero-order valence-corrected chi connectivity index (χ0v) is 5.16. The van der Waals surface area contributed by atoms with Crippen molar-refractivity contribution in [3.05, 3.63) is 0 Å². The minimum Gasteiger partial charge on any atom is -0.352 e. The van der Waals surface area contributed by atoms with E-state index >= 15 is 0 Å². The summed E-state index contributed by atoms with van der Waals surface area (Å²) in [7, 11) is 0. The zero-order valence-electron chi connectivity index (χ0n) is 2.44. The molecule has 0 aromatic rings. The molecule has 31 valence electrons. The maximum Gasteiger partial charge on any atom is 0.309 e. The SMILES string of the molecule is NC(N)=O.[Re]. The van der Waals surface area contributed by atoms with Gasteiger partial charge < -0.3 is 11.5 Å². The summed E-state index contributed by atoms with van der Waals surface area (Å²) in [5.74, 6) is 0. The van der Waals surface area contributed by atoms with Crippen molar-refractivity contribution in [2.45, 2.75) is 0 Å². The maximum absolute atomic E-state index is 9.00. The molecule has 1 radical (unpaired) electrons. The van der Waals surface area contributed by atoms with E-state index in [1.54, 1.807) is 0 Å². The molecule has 4 N–H and O–H groups in total. The van der Waals surface area contributed by atoms with E-state index in [2.05, 4.69) is 11.5 Å². The molecule has 0 rings (SSSR count). The van der Waals surface area contributed by atoms with Crippen molar-refractivity contribution in [3.63, 3.8) is 0 Å². The fourth-order valence-corrected chi connectivity index (χ4v) is 0. The van der Waals surface area contributed by atoms with Crippen LogP contribution in [0.5, 0.6) is 0 Å². The summed E-state index contributed by atoms with van der Waals surface area (Å²) in [4.78, 5) is 9.00. The van der Waals surface area contributed by atoms with Gasteiger partial charge in [0.1, 0.15) is 0 Å². The number of amides is 2. The summed E-state index contributed by atoms with van der Waals surface area (Å²) >= 11 is 0. The third kappa shape index (κ3) is 3210. The summed E-state index contributed by atoms with van der Waals surface area (Å²) in [6.45, 7) is 0. The molecule has 0 atom stereocenters. The number of carbonyl (C=O) groups is 1. The molecule has 0 aromatic carbocycles. The number of hydrogen-bond acceptors (Lipinski definition) is 1. The monoisotopic (exact) mass is 247 g/mol. The van der Waals surface area contributed by atoms with Gasteiger partial charge in [0.15, 0.2) is 0 Å². The molecule has 0 spiro atoms. The van der Waals surface area contributed by atoms with Crippen LogP contribution in [-0.2, 0) is 20.4 Å². The number of carbonyl (C=O) groups excluding carboxylic acids is 1. The van der Waals surface area contributed by atoms with Crippen molar-refractivity contribution in [1.82, 2.24) is 0 Å². The first-order valence-electron chi connectivity index (χ1n) is 0.781. The Hall–Kier alpha value is -0.0677. The molecule has 0 aromatic heterocycles. The molecule has 4 heteroatoms. The Morgan fingerprint density at radius 3 is 1.40 bits per heavy atom. The van der Waals surface area contributed by atoms with Crippen LogP contribution in [0, 0.1) is 0 Å². The molecule has 0 fully saturated rings. The van der Waals surface area contributed by atoms with Gasteiger partial charge in [-0.15, -0.1) is 0 Å². The van der Waals surface area contributed by atoms with E-state index in [0.29, 0.717) is 0 Å². The molecule has 0 aliphatic rings. The number of urea groups is 1.